The molecule has 3 amide bonds. The summed E-state index contributed by atoms with van der Waals surface area (Å²) in [7, 11) is 2.99. The molecule has 1 fully saturated rings. The van der Waals surface area contributed by atoms with Gasteiger partial charge in [0.2, 0.25) is 5.91 Å². The standard InChI is InChI=1S/C33H31F2N5O6/c1-44-29-16-23-26(17-30(29)45-2)37-12-11-27(23)46-28-10-9-22(15-25(28)35)39-33(43)24(18-36-19-31(41)40-13-3-4-14-40)32(42)38-21-7-5-20(34)6-8-21/h5-12,15-18,36H,3-4,13-14,19H2,1-2H3,(H,38,42)(H,39,43)/b24-18+. The van der Waals surface area contributed by atoms with Crippen LogP contribution in [0.5, 0.6) is 23.0 Å². The summed E-state index contributed by atoms with van der Waals surface area (Å²) in [5, 5.41) is 8.30. The predicted octanol–water partition coefficient (Wildman–Crippen LogP) is 5.00. The summed E-state index contributed by atoms with van der Waals surface area (Å²) in [6, 6.07) is 13.7. The number of nitrogens with one attached hydrogen (secondary N) is 3. The molecule has 0 aliphatic carbocycles. The number of aromatic nitrogens is 1. The number of hydrogen-bond donors (Lipinski definition) is 3. The highest BCUT2D eigenvalue weighted by molar-refractivity contribution is 6.26. The summed E-state index contributed by atoms with van der Waals surface area (Å²) < 4.78 is 45.2. The second-order valence-corrected chi connectivity index (χ2v) is 10.2. The van der Waals surface area contributed by atoms with E-state index in [4.69, 9.17) is 14.2 Å². The van der Waals surface area contributed by atoms with Gasteiger partial charge in [0.05, 0.1) is 26.3 Å². The fraction of sp³-hybridized carbons (Fsp3) is 0.212. The Morgan fingerprint density at radius 2 is 1.48 bits per heavy atom. The lowest BCUT2D eigenvalue weighted by atomic mass is 10.1. The van der Waals surface area contributed by atoms with Crippen molar-refractivity contribution >= 4 is 40.0 Å². The molecule has 1 aliphatic heterocycles. The number of pyridine rings is 1. The van der Waals surface area contributed by atoms with Crippen molar-refractivity contribution in [3.05, 3.63) is 90.3 Å². The van der Waals surface area contributed by atoms with Crippen molar-refractivity contribution in [2.45, 2.75) is 12.8 Å². The van der Waals surface area contributed by atoms with E-state index in [1.54, 1.807) is 23.1 Å². The Labute approximate surface area is 263 Å². The van der Waals surface area contributed by atoms with E-state index in [1.807, 2.05) is 0 Å². The van der Waals surface area contributed by atoms with Gasteiger partial charge in [0.25, 0.3) is 11.8 Å². The van der Waals surface area contributed by atoms with Crippen LogP contribution >= 0.6 is 0 Å². The minimum absolute atomic E-state index is 0.0365. The molecule has 13 heteroatoms. The third-order valence-electron chi connectivity index (χ3n) is 7.17. The molecule has 5 rings (SSSR count). The summed E-state index contributed by atoms with van der Waals surface area (Å²) in [4.78, 5) is 44.8. The zero-order valence-corrected chi connectivity index (χ0v) is 25.1. The molecular weight excluding hydrogens is 600 g/mol. The van der Waals surface area contributed by atoms with Crippen LogP contribution in [0.15, 0.2) is 78.6 Å². The topological polar surface area (TPSA) is 131 Å². The smallest absolute Gasteiger partial charge is 0.262 e. The maximum Gasteiger partial charge on any atom is 0.262 e. The van der Waals surface area contributed by atoms with Gasteiger partial charge in [-0.1, -0.05) is 0 Å². The van der Waals surface area contributed by atoms with E-state index in [2.05, 4.69) is 20.9 Å². The van der Waals surface area contributed by atoms with Crippen molar-refractivity contribution in [3.63, 3.8) is 0 Å². The molecule has 0 radical (unpaired) electrons. The Morgan fingerprint density at radius 3 is 2.15 bits per heavy atom. The largest absolute Gasteiger partial charge is 0.493 e. The number of hydrogen-bond acceptors (Lipinski definition) is 8. The zero-order valence-electron chi connectivity index (χ0n) is 25.1. The molecule has 0 unspecified atom stereocenters. The molecule has 0 spiro atoms. The first kappa shape index (κ1) is 31.7. The lowest BCUT2D eigenvalue weighted by Gasteiger charge is -2.15. The van der Waals surface area contributed by atoms with Gasteiger partial charge in [-0.05, 0) is 61.4 Å². The number of carbonyl (C=O) groups excluding carboxylic acids is 3. The molecule has 4 aromatic rings. The number of rotatable bonds is 11. The van der Waals surface area contributed by atoms with Gasteiger partial charge in [-0.15, -0.1) is 0 Å². The third-order valence-corrected chi connectivity index (χ3v) is 7.17. The van der Waals surface area contributed by atoms with Crippen molar-refractivity contribution in [1.29, 1.82) is 0 Å². The van der Waals surface area contributed by atoms with Gasteiger partial charge in [0.15, 0.2) is 23.1 Å². The van der Waals surface area contributed by atoms with E-state index < -0.39 is 29.0 Å². The normalized spacial score (nSPS) is 12.9. The third kappa shape index (κ3) is 7.49. The maximum atomic E-state index is 15.3. The van der Waals surface area contributed by atoms with Gasteiger partial charge in [-0.3, -0.25) is 19.4 Å². The van der Waals surface area contributed by atoms with Crippen molar-refractivity contribution in [3.8, 4) is 23.0 Å². The first-order valence-corrected chi connectivity index (χ1v) is 14.3. The Kier molecular flexibility index (Phi) is 9.90. The molecule has 1 aromatic heterocycles. The van der Waals surface area contributed by atoms with Gasteiger partial charge in [0, 0.05) is 54.4 Å². The lowest BCUT2D eigenvalue weighted by Crippen LogP contribution is -2.35. The summed E-state index contributed by atoms with van der Waals surface area (Å²) in [6.45, 7) is 1.16. The Bertz CT molecular complexity index is 1790. The minimum Gasteiger partial charge on any atom is -0.493 e. The molecule has 1 aliphatic rings. The number of amides is 3. The molecule has 0 bridgehead atoms. The molecule has 1 saturated heterocycles. The average molecular weight is 632 g/mol. The van der Waals surface area contributed by atoms with Crippen molar-refractivity contribution in [1.82, 2.24) is 15.2 Å². The summed E-state index contributed by atoms with van der Waals surface area (Å²) in [6.07, 6.45) is 4.46. The highest BCUT2D eigenvalue weighted by Crippen LogP contribution is 2.37. The van der Waals surface area contributed by atoms with E-state index in [-0.39, 0.29) is 29.6 Å². The summed E-state index contributed by atoms with van der Waals surface area (Å²) >= 11 is 0. The molecule has 11 nitrogen and oxygen atoms in total. The molecular formula is C33H31F2N5O6. The monoisotopic (exact) mass is 631 g/mol. The first-order chi connectivity index (χ1) is 22.2. The number of methoxy groups -OCH3 is 2. The fourth-order valence-electron chi connectivity index (χ4n) is 4.80. The molecule has 2 heterocycles. The van der Waals surface area contributed by atoms with Crippen LogP contribution in [0, 0.1) is 11.6 Å². The molecule has 0 atom stereocenters. The van der Waals surface area contributed by atoms with Crippen LogP contribution < -0.4 is 30.2 Å². The number of likely N-dealkylation sites (tertiary alicyclic amines) is 1. The highest BCUT2D eigenvalue weighted by Gasteiger charge is 2.22. The van der Waals surface area contributed by atoms with Gasteiger partial charge in [-0.25, -0.2) is 8.78 Å². The molecule has 238 valence electrons. The van der Waals surface area contributed by atoms with E-state index in [9.17, 15) is 18.8 Å². The van der Waals surface area contributed by atoms with E-state index in [0.29, 0.717) is 41.2 Å². The van der Waals surface area contributed by atoms with Gasteiger partial charge >= 0.3 is 0 Å². The number of fused-ring (bicyclic) bond motifs is 1. The van der Waals surface area contributed by atoms with Crippen LogP contribution in [0.25, 0.3) is 10.9 Å². The molecule has 3 N–H and O–H groups in total. The summed E-state index contributed by atoms with van der Waals surface area (Å²) in [5.74, 6) is -2.10. The Morgan fingerprint density at radius 1 is 0.826 bits per heavy atom. The van der Waals surface area contributed by atoms with Gasteiger partial charge < -0.3 is 35.1 Å². The molecule has 46 heavy (non-hydrogen) atoms. The van der Waals surface area contributed by atoms with Crippen LogP contribution in [0.2, 0.25) is 0 Å². The number of ether oxygens (including phenoxy) is 3. The quantitative estimate of drug-likeness (QED) is 0.120. The van der Waals surface area contributed by atoms with Gasteiger partial charge in [-0.2, -0.15) is 0 Å². The van der Waals surface area contributed by atoms with Crippen LogP contribution in [0.4, 0.5) is 20.2 Å². The van der Waals surface area contributed by atoms with Crippen LogP contribution in [0.3, 0.4) is 0 Å². The van der Waals surface area contributed by atoms with Crippen molar-refractivity contribution < 1.29 is 37.4 Å². The highest BCUT2D eigenvalue weighted by atomic mass is 19.1. The average Bonchev–Trinajstić information content (AvgIpc) is 3.60. The van der Waals surface area contributed by atoms with Crippen molar-refractivity contribution in [2.24, 2.45) is 0 Å². The van der Waals surface area contributed by atoms with E-state index >= 15 is 4.39 Å². The minimum atomic E-state index is -0.880. The van der Waals surface area contributed by atoms with Crippen LogP contribution in [0.1, 0.15) is 12.8 Å². The maximum absolute atomic E-state index is 15.3. The van der Waals surface area contributed by atoms with Gasteiger partial charge in [0.1, 0.15) is 17.1 Å². The Hall–Kier alpha value is -5.72. The fourth-order valence-corrected chi connectivity index (χ4v) is 4.80. The first-order valence-electron chi connectivity index (χ1n) is 14.3. The molecule has 0 saturated carbocycles. The van der Waals surface area contributed by atoms with E-state index in [1.165, 1.54) is 44.7 Å². The summed E-state index contributed by atoms with van der Waals surface area (Å²) in [5.41, 5.74) is 0.417. The number of carbonyl (C=O) groups is 3. The number of benzene rings is 3. The number of nitrogens with zero attached hydrogens (tertiary/aromatic N) is 2. The SMILES string of the molecule is COc1cc2nccc(Oc3ccc(NC(=O)/C(=C/NCC(=O)N4CCCC4)C(=O)Nc4ccc(F)cc4)cc3F)c2cc1OC. The van der Waals surface area contributed by atoms with Crippen LogP contribution in [-0.2, 0) is 14.4 Å². The predicted molar refractivity (Wildman–Crippen MR) is 167 cm³/mol. The second-order valence-electron chi connectivity index (χ2n) is 10.2. The van der Waals surface area contributed by atoms with Crippen molar-refractivity contribution in [2.75, 3.05) is 44.5 Å². The zero-order chi connectivity index (χ0) is 32.6. The number of anilines is 2. The number of halogens is 2. The second kappa shape index (κ2) is 14.4. The lowest BCUT2D eigenvalue weighted by molar-refractivity contribution is -0.129. The van der Waals surface area contributed by atoms with Crippen LogP contribution in [-0.4, -0.2) is 61.5 Å². The molecule has 3 aromatic carbocycles. The van der Waals surface area contributed by atoms with E-state index in [0.717, 1.165) is 37.2 Å². The Balaban J connectivity index is 1.33.